The number of amides is 1. The Hall–Kier alpha value is -2.44. The van der Waals surface area contributed by atoms with Gasteiger partial charge in [-0.2, -0.15) is 5.26 Å². The van der Waals surface area contributed by atoms with E-state index in [2.05, 4.69) is 16.0 Å². The van der Waals surface area contributed by atoms with Crippen molar-refractivity contribution in [1.82, 2.24) is 14.9 Å². The lowest BCUT2D eigenvalue weighted by Gasteiger charge is -2.62. The van der Waals surface area contributed by atoms with Crippen LogP contribution >= 0.6 is 0 Å². The zero-order valence-electron chi connectivity index (χ0n) is 18.8. The molecule has 2 heterocycles. The summed E-state index contributed by atoms with van der Waals surface area (Å²) in [6.45, 7) is 0. The average Bonchev–Trinajstić information content (AvgIpc) is 3.16. The normalized spacial score (nSPS) is 41.8. The molecular weight excluding hydrogens is 420 g/mol. The summed E-state index contributed by atoms with van der Waals surface area (Å²) in [7, 11) is 0. The maximum Gasteiger partial charge on any atom is 0.323 e. The first-order valence-electron chi connectivity index (χ1n) is 12.3. The van der Waals surface area contributed by atoms with Crippen molar-refractivity contribution in [3.05, 3.63) is 18.2 Å². The lowest BCUT2D eigenvalue weighted by molar-refractivity contribution is -0.207. The first-order chi connectivity index (χ1) is 15.8. The Bertz CT molecular complexity index is 988. The molecule has 1 aromatic rings. The van der Waals surface area contributed by atoms with E-state index in [0.717, 1.165) is 44.9 Å². The molecule has 6 unspecified atom stereocenters. The Kier molecular flexibility index (Phi) is 4.66. The summed E-state index contributed by atoms with van der Waals surface area (Å²) in [6.07, 6.45) is 10.5. The van der Waals surface area contributed by atoms with Crippen LogP contribution in [-0.4, -0.2) is 56.5 Å². The van der Waals surface area contributed by atoms with Crippen LogP contribution in [-0.2, 0) is 20.7 Å². The van der Waals surface area contributed by atoms with Gasteiger partial charge in [0.1, 0.15) is 23.5 Å². The molecule has 7 rings (SSSR count). The van der Waals surface area contributed by atoms with E-state index in [0.29, 0.717) is 36.4 Å². The highest BCUT2D eigenvalue weighted by atomic mass is 16.6. The molecule has 1 aromatic heterocycles. The maximum atomic E-state index is 13.6. The minimum Gasteiger partial charge on any atom is -0.458 e. The third-order valence-electron chi connectivity index (χ3n) is 9.07. The van der Waals surface area contributed by atoms with Gasteiger partial charge in [0.2, 0.25) is 5.91 Å². The summed E-state index contributed by atoms with van der Waals surface area (Å²) in [5.41, 5.74) is 11.9. The number of nitriles is 1. The predicted octanol–water partition coefficient (Wildman–Crippen LogP) is 1.00. The number of carbonyl (C=O) groups excluding carboxylic acids is 2. The Labute approximate surface area is 193 Å². The number of hydrogen-bond donors (Lipinski definition) is 3. The molecule has 33 heavy (non-hydrogen) atoms. The van der Waals surface area contributed by atoms with Gasteiger partial charge in [0.25, 0.3) is 0 Å². The molecule has 9 heteroatoms. The molecule has 5 N–H and O–H groups in total. The fraction of sp³-hybridized carbons (Fsp3) is 0.750. The number of ether oxygens (including phenoxy) is 1. The van der Waals surface area contributed by atoms with E-state index in [-0.39, 0.29) is 23.4 Å². The molecule has 6 aliphatic rings. The number of carbonyl (C=O) groups is 2. The number of aromatic nitrogens is 2. The van der Waals surface area contributed by atoms with Gasteiger partial charge in [0, 0.05) is 24.9 Å². The number of nitrogens with two attached hydrogens (primary N) is 2. The Morgan fingerprint density at radius 1 is 1.24 bits per heavy atom. The van der Waals surface area contributed by atoms with Gasteiger partial charge in [-0.25, -0.2) is 4.98 Å². The Morgan fingerprint density at radius 3 is 2.67 bits per heavy atom. The Balaban J connectivity index is 1.20. The number of likely N-dealkylation sites (tertiary alicyclic amines) is 1. The molecule has 176 valence electrons. The lowest BCUT2D eigenvalue weighted by Crippen LogP contribution is -2.66. The lowest BCUT2D eigenvalue weighted by atomic mass is 9.46. The first-order valence-corrected chi connectivity index (χ1v) is 12.3. The number of piperidine rings is 1. The maximum absolute atomic E-state index is 13.6. The summed E-state index contributed by atoms with van der Waals surface area (Å²) in [5, 5.41) is 9.56. The number of hydrogen-bond acceptors (Lipinski definition) is 7. The molecule has 0 spiro atoms. The number of H-pyrrole nitrogens is 1. The van der Waals surface area contributed by atoms with E-state index >= 15 is 0 Å². The number of nitrogens with one attached hydrogen (secondary N) is 1. The van der Waals surface area contributed by atoms with Gasteiger partial charge in [0.05, 0.1) is 12.1 Å². The molecule has 4 bridgehead atoms. The van der Waals surface area contributed by atoms with Gasteiger partial charge in [-0.05, 0) is 74.5 Å². The molecule has 9 nitrogen and oxygen atoms in total. The molecule has 1 aliphatic heterocycles. The second kappa shape index (κ2) is 7.28. The summed E-state index contributed by atoms with van der Waals surface area (Å²) in [6, 6.07) is 0.694. The molecule has 5 saturated carbocycles. The topological polar surface area (TPSA) is 151 Å². The molecule has 1 saturated heterocycles. The van der Waals surface area contributed by atoms with Crippen LogP contribution in [0.25, 0.3) is 0 Å². The van der Waals surface area contributed by atoms with Crippen LogP contribution in [0.4, 0.5) is 0 Å². The van der Waals surface area contributed by atoms with Crippen LogP contribution in [0.15, 0.2) is 12.4 Å². The smallest absolute Gasteiger partial charge is 0.323 e. The van der Waals surface area contributed by atoms with Crippen LogP contribution in [0.3, 0.4) is 0 Å². The highest BCUT2D eigenvalue weighted by molar-refractivity contribution is 5.84. The fourth-order valence-corrected chi connectivity index (χ4v) is 8.03. The summed E-state index contributed by atoms with van der Waals surface area (Å²) in [5.74, 6) is 1.43. The standard InChI is InChI=1S/C24H32N6O3/c25-11-16-4-15-5-18(15)30(16)21(31)20(27)23-7-13-3-14(8-23)10-24(9-13,12-23)33-22(32)17(26)6-19-28-1-2-29-19/h1-2,13-18,20H,3-10,12,26-27H2,(H,28,29)/t13-,14?,15?,16-,17?,18?,20+,23?,24?/m0/s1. The van der Waals surface area contributed by atoms with Crippen molar-refractivity contribution in [1.29, 1.82) is 5.26 Å². The molecule has 6 fully saturated rings. The molecule has 9 atom stereocenters. The molecule has 0 aromatic carbocycles. The van der Waals surface area contributed by atoms with Crippen molar-refractivity contribution in [2.75, 3.05) is 0 Å². The number of esters is 1. The van der Waals surface area contributed by atoms with Gasteiger partial charge >= 0.3 is 5.97 Å². The second-order valence-corrected chi connectivity index (χ2v) is 11.4. The molecular formula is C24H32N6O3. The number of nitrogens with zero attached hydrogens (tertiary/aromatic N) is 3. The largest absolute Gasteiger partial charge is 0.458 e. The minimum atomic E-state index is -0.789. The fourth-order valence-electron chi connectivity index (χ4n) is 8.03. The zero-order valence-corrected chi connectivity index (χ0v) is 18.8. The van der Waals surface area contributed by atoms with E-state index in [1.54, 1.807) is 17.3 Å². The number of rotatable bonds is 6. The van der Waals surface area contributed by atoms with E-state index in [1.165, 1.54) is 0 Å². The van der Waals surface area contributed by atoms with Gasteiger partial charge in [-0.3, -0.25) is 9.59 Å². The van der Waals surface area contributed by atoms with Crippen LogP contribution in [0.2, 0.25) is 0 Å². The predicted molar refractivity (Wildman–Crippen MR) is 117 cm³/mol. The summed E-state index contributed by atoms with van der Waals surface area (Å²) < 4.78 is 6.17. The van der Waals surface area contributed by atoms with Crippen LogP contribution in [0, 0.1) is 34.5 Å². The van der Waals surface area contributed by atoms with Gasteiger partial charge < -0.3 is 26.1 Å². The van der Waals surface area contributed by atoms with E-state index < -0.39 is 23.7 Å². The van der Waals surface area contributed by atoms with Gasteiger partial charge in [0.15, 0.2) is 0 Å². The summed E-state index contributed by atoms with van der Waals surface area (Å²) >= 11 is 0. The number of fused-ring (bicyclic) bond motifs is 1. The van der Waals surface area contributed by atoms with Gasteiger partial charge in [-0.1, -0.05) is 0 Å². The molecule has 1 amide bonds. The van der Waals surface area contributed by atoms with Crippen LogP contribution < -0.4 is 11.5 Å². The number of aromatic amines is 1. The number of imidazole rings is 1. The Morgan fingerprint density at radius 2 is 2.00 bits per heavy atom. The molecule has 5 aliphatic carbocycles. The third kappa shape index (κ3) is 3.38. The monoisotopic (exact) mass is 452 g/mol. The average molecular weight is 453 g/mol. The van der Waals surface area contributed by atoms with Crippen molar-refractivity contribution in [2.24, 2.45) is 34.6 Å². The summed E-state index contributed by atoms with van der Waals surface area (Å²) in [4.78, 5) is 35.5. The minimum absolute atomic E-state index is 0.0792. The van der Waals surface area contributed by atoms with Gasteiger partial charge in [-0.15, -0.1) is 0 Å². The second-order valence-electron chi connectivity index (χ2n) is 11.4. The van der Waals surface area contributed by atoms with Crippen molar-refractivity contribution >= 4 is 11.9 Å². The zero-order chi connectivity index (χ0) is 23.0. The van der Waals surface area contributed by atoms with Crippen molar-refractivity contribution in [3.63, 3.8) is 0 Å². The van der Waals surface area contributed by atoms with E-state index in [1.807, 2.05) is 0 Å². The van der Waals surface area contributed by atoms with Crippen molar-refractivity contribution < 1.29 is 14.3 Å². The third-order valence-corrected chi connectivity index (χ3v) is 9.07. The SMILES string of the molecule is N#C[C@@H]1CC2CC2N1C(=O)[C@@H](N)C12CC3C[C@H](CC(OC(=O)C(N)Cc4ncc[nH]4)(C3)C1)C2. The van der Waals surface area contributed by atoms with E-state index in [9.17, 15) is 14.9 Å². The van der Waals surface area contributed by atoms with Crippen molar-refractivity contribution in [2.45, 2.75) is 87.6 Å². The van der Waals surface area contributed by atoms with Crippen molar-refractivity contribution in [3.8, 4) is 6.07 Å². The highest BCUT2D eigenvalue weighted by Crippen LogP contribution is 2.64. The van der Waals surface area contributed by atoms with Crippen LogP contribution in [0.5, 0.6) is 0 Å². The van der Waals surface area contributed by atoms with E-state index in [4.69, 9.17) is 16.2 Å². The quantitative estimate of drug-likeness (QED) is 0.545. The molecule has 0 radical (unpaired) electrons. The van der Waals surface area contributed by atoms with Crippen LogP contribution in [0.1, 0.15) is 57.2 Å². The highest BCUT2D eigenvalue weighted by Gasteiger charge is 2.64. The first kappa shape index (κ1) is 21.1.